The fourth-order valence-corrected chi connectivity index (χ4v) is 2.32. The fourth-order valence-electron chi connectivity index (χ4n) is 2.15. The third-order valence-electron chi connectivity index (χ3n) is 3.11. The number of fused-ring (bicyclic) bond motifs is 1. The number of methoxy groups -OCH3 is 1. The number of carbonyl (C=O) groups excluding carboxylic acids is 2. The number of hydrogen-bond donors (Lipinski definition) is 0. The summed E-state index contributed by atoms with van der Waals surface area (Å²) < 4.78 is 30.7. The van der Waals surface area contributed by atoms with Crippen molar-refractivity contribution in [2.24, 2.45) is 5.41 Å². The molecule has 0 saturated carbocycles. The van der Waals surface area contributed by atoms with Crippen LogP contribution in [0.1, 0.15) is 15.9 Å². The Morgan fingerprint density at radius 2 is 2.17 bits per heavy atom. The summed E-state index contributed by atoms with van der Waals surface area (Å²) in [6.45, 7) is 0. The second kappa shape index (κ2) is 4.31. The Balaban J connectivity index is 2.57. The van der Waals surface area contributed by atoms with Crippen LogP contribution in [0.15, 0.2) is 18.2 Å². The lowest BCUT2D eigenvalue weighted by Crippen LogP contribution is -2.44. The van der Waals surface area contributed by atoms with E-state index in [1.165, 1.54) is 18.2 Å². The van der Waals surface area contributed by atoms with Gasteiger partial charge in [-0.1, -0.05) is 17.7 Å². The Labute approximate surface area is 107 Å². The Kier molecular flexibility index (Phi) is 3.11. The molecule has 0 amide bonds. The number of esters is 1. The zero-order chi connectivity index (χ0) is 13.5. The molecule has 0 fully saturated rings. The van der Waals surface area contributed by atoms with Crippen molar-refractivity contribution < 1.29 is 23.1 Å². The summed E-state index contributed by atoms with van der Waals surface area (Å²) in [6, 6.07) is 4.27. The minimum atomic E-state index is -3.12. The molecule has 3 nitrogen and oxygen atoms in total. The molecule has 0 radical (unpaired) electrons. The SMILES string of the molecule is COC(=O)C1(C(F)F)Cc2ccc(Cl)cc2C1=O. The maximum absolute atomic E-state index is 13.2. The van der Waals surface area contributed by atoms with Crippen LogP contribution in [-0.4, -0.2) is 25.3 Å². The summed E-state index contributed by atoms with van der Waals surface area (Å²) in [5.74, 6) is -2.14. The highest BCUT2D eigenvalue weighted by atomic mass is 35.5. The highest BCUT2D eigenvalue weighted by Crippen LogP contribution is 2.43. The molecule has 1 aromatic rings. The van der Waals surface area contributed by atoms with Gasteiger partial charge in [-0.25, -0.2) is 8.78 Å². The van der Waals surface area contributed by atoms with Crippen LogP contribution in [0.4, 0.5) is 8.78 Å². The van der Waals surface area contributed by atoms with Crippen molar-refractivity contribution in [1.29, 1.82) is 0 Å². The average Bonchev–Trinajstić information content (AvgIpc) is 2.63. The first-order valence-corrected chi connectivity index (χ1v) is 5.51. The molecule has 0 heterocycles. The van der Waals surface area contributed by atoms with E-state index in [9.17, 15) is 18.4 Å². The molecule has 1 atom stereocenters. The third kappa shape index (κ3) is 1.61. The summed E-state index contributed by atoms with van der Waals surface area (Å²) in [5.41, 5.74) is -1.98. The molecule has 1 aliphatic rings. The molecule has 0 spiro atoms. The van der Waals surface area contributed by atoms with Gasteiger partial charge in [0.15, 0.2) is 11.2 Å². The predicted molar refractivity (Wildman–Crippen MR) is 59.9 cm³/mol. The molecule has 0 saturated heterocycles. The summed E-state index contributed by atoms with van der Waals surface area (Å²) in [7, 11) is 0.982. The molecule has 18 heavy (non-hydrogen) atoms. The normalized spacial score (nSPS) is 22.2. The molecule has 0 aromatic heterocycles. The molecule has 0 aliphatic heterocycles. The molecule has 2 rings (SSSR count). The number of ketones is 1. The van der Waals surface area contributed by atoms with Gasteiger partial charge < -0.3 is 4.74 Å². The summed E-state index contributed by atoms with van der Waals surface area (Å²) >= 11 is 5.72. The first-order chi connectivity index (χ1) is 8.43. The number of ether oxygens (including phenoxy) is 1. The quantitative estimate of drug-likeness (QED) is 0.615. The van der Waals surface area contributed by atoms with Crippen molar-refractivity contribution in [2.45, 2.75) is 12.8 Å². The van der Waals surface area contributed by atoms with Crippen LogP contribution < -0.4 is 0 Å². The smallest absolute Gasteiger partial charge is 0.326 e. The fraction of sp³-hybridized carbons (Fsp3) is 0.333. The van der Waals surface area contributed by atoms with Gasteiger partial charge >= 0.3 is 5.97 Å². The van der Waals surface area contributed by atoms with Gasteiger partial charge in [0, 0.05) is 17.0 Å². The lowest BCUT2D eigenvalue weighted by Gasteiger charge is -2.22. The van der Waals surface area contributed by atoms with Gasteiger partial charge in [-0.05, 0) is 17.7 Å². The van der Waals surface area contributed by atoms with E-state index in [1.54, 1.807) is 0 Å². The molecular formula is C12H9ClF2O3. The first-order valence-electron chi connectivity index (χ1n) is 5.13. The van der Waals surface area contributed by atoms with Crippen molar-refractivity contribution in [2.75, 3.05) is 7.11 Å². The van der Waals surface area contributed by atoms with Crippen LogP contribution in [0, 0.1) is 5.41 Å². The Bertz CT molecular complexity index is 530. The number of benzene rings is 1. The van der Waals surface area contributed by atoms with E-state index in [2.05, 4.69) is 4.74 Å². The van der Waals surface area contributed by atoms with Crippen LogP contribution in [-0.2, 0) is 16.0 Å². The van der Waals surface area contributed by atoms with Gasteiger partial charge in [0.2, 0.25) is 0 Å². The van der Waals surface area contributed by atoms with Crippen LogP contribution in [0.2, 0.25) is 5.02 Å². The van der Waals surface area contributed by atoms with Gasteiger partial charge in [-0.2, -0.15) is 0 Å². The summed E-state index contributed by atoms with van der Waals surface area (Å²) in [6.07, 6.45) is -3.48. The lowest BCUT2D eigenvalue weighted by molar-refractivity contribution is -0.157. The Morgan fingerprint density at radius 3 is 2.72 bits per heavy atom. The predicted octanol–water partition coefficient (Wildman–Crippen LogP) is 2.50. The van der Waals surface area contributed by atoms with Crippen LogP contribution in [0.3, 0.4) is 0 Å². The van der Waals surface area contributed by atoms with E-state index in [4.69, 9.17) is 11.6 Å². The molecule has 1 aliphatic carbocycles. The first kappa shape index (κ1) is 13.0. The van der Waals surface area contributed by atoms with Crippen molar-refractivity contribution in [1.82, 2.24) is 0 Å². The second-order valence-electron chi connectivity index (χ2n) is 4.07. The minimum Gasteiger partial charge on any atom is -0.468 e. The Morgan fingerprint density at radius 1 is 1.50 bits per heavy atom. The van der Waals surface area contributed by atoms with E-state index < -0.39 is 23.6 Å². The van der Waals surface area contributed by atoms with Crippen LogP contribution in [0.5, 0.6) is 0 Å². The zero-order valence-electron chi connectivity index (χ0n) is 9.38. The molecule has 0 bridgehead atoms. The maximum atomic E-state index is 13.2. The van der Waals surface area contributed by atoms with E-state index in [-0.39, 0.29) is 17.0 Å². The summed E-state index contributed by atoms with van der Waals surface area (Å²) in [5, 5.41) is 0.261. The molecule has 1 aromatic carbocycles. The monoisotopic (exact) mass is 274 g/mol. The molecular weight excluding hydrogens is 266 g/mol. The third-order valence-corrected chi connectivity index (χ3v) is 3.35. The number of carbonyl (C=O) groups is 2. The lowest BCUT2D eigenvalue weighted by atomic mass is 9.84. The van der Waals surface area contributed by atoms with Gasteiger partial charge in [-0.3, -0.25) is 9.59 Å². The van der Waals surface area contributed by atoms with Crippen molar-refractivity contribution in [3.05, 3.63) is 34.3 Å². The standard InChI is InChI=1S/C12H9ClF2O3/c1-18-11(17)12(10(14)15)5-6-2-3-7(13)4-8(6)9(12)16/h2-4,10H,5H2,1H3. The van der Waals surface area contributed by atoms with Crippen LogP contribution in [0.25, 0.3) is 0 Å². The number of alkyl halides is 2. The van der Waals surface area contributed by atoms with E-state index in [1.807, 2.05) is 0 Å². The molecule has 6 heteroatoms. The van der Waals surface area contributed by atoms with Crippen molar-refractivity contribution in [3.8, 4) is 0 Å². The highest BCUT2D eigenvalue weighted by molar-refractivity contribution is 6.31. The van der Waals surface area contributed by atoms with Gasteiger partial charge in [0.25, 0.3) is 6.43 Å². The largest absolute Gasteiger partial charge is 0.468 e. The highest BCUT2D eigenvalue weighted by Gasteiger charge is 2.59. The molecule has 96 valence electrons. The zero-order valence-corrected chi connectivity index (χ0v) is 10.1. The maximum Gasteiger partial charge on any atom is 0.326 e. The Hall–Kier alpha value is -1.49. The molecule has 1 unspecified atom stereocenters. The minimum absolute atomic E-state index is 0.0631. The number of halogens is 3. The van der Waals surface area contributed by atoms with E-state index in [0.29, 0.717) is 5.56 Å². The van der Waals surface area contributed by atoms with E-state index in [0.717, 1.165) is 7.11 Å². The van der Waals surface area contributed by atoms with Gasteiger partial charge in [0.05, 0.1) is 7.11 Å². The molecule has 0 N–H and O–H groups in total. The topological polar surface area (TPSA) is 43.4 Å². The van der Waals surface area contributed by atoms with E-state index >= 15 is 0 Å². The number of Topliss-reactive ketones (excluding diaryl/α,β-unsaturated/α-hetero) is 1. The average molecular weight is 275 g/mol. The number of hydrogen-bond acceptors (Lipinski definition) is 3. The van der Waals surface area contributed by atoms with Crippen molar-refractivity contribution >= 4 is 23.4 Å². The van der Waals surface area contributed by atoms with Crippen molar-refractivity contribution in [3.63, 3.8) is 0 Å². The second-order valence-corrected chi connectivity index (χ2v) is 4.51. The van der Waals surface area contributed by atoms with Gasteiger partial charge in [0.1, 0.15) is 0 Å². The van der Waals surface area contributed by atoms with Crippen LogP contribution >= 0.6 is 11.6 Å². The number of rotatable bonds is 2. The summed E-state index contributed by atoms with van der Waals surface area (Å²) in [4.78, 5) is 23.7. The van der Waals surface area contributed by atoms with Gasteiger partial charge in [-0.15, -0.1) is 0 Å².